The van der Waals surface area contributed by atoms with E-state index in [1.165, 1.54) is 6.07 Å². The first-order valence-electron chi connectivity index (χ1n) is 6.64. The van der Waals surface area contributed by atoms with E-state index in [1.807, 2.05) is 37.9 Å². The smallest absolute Gasteiger partial charge is 0.133 e. The summed E-state index contributed by atoms with van der Waals surface area (Å²) in [5, 5.41) is 0. The summed E-state index contributed by atoms with van der Waals surface area (Å²) in [6, 6.07) is 8.65. The summed E-state index contributed by atoms with van der Waals surface area (Å²) >= 11 is 0. The molecular weight excluding hydrogens is 253 g/mol. The van der Waals surface area contributed by atoms with Gasteiger partial charge in [0, 0.05) is 31.4 Å². The maximum Gasteiger partial charge on any atom is 0.133 e. The van der Waals surface area contributed by atoms with Crippen molar-refractivity contribution in [2.75, 3.05) is 11.9 Å². The minimum absolute atomic E-state index is 0.219. The molecule has 106 valence electrons. The Kier molecular flexibility index (Phi) is 4.35. The number of nitrogens with two attached hydrogens (primary N) is 1. The van der Waals surface area contributed by atoms with E-state index in [-0.39, 0.29) is 5.82 Å². The van der Waals surface area contributed by atoms with Crippen LogP contribution in [-0.2, 0) is 13.1 Å². The summed E-state index contributed by atoms with van der Waals surface area (Å²) in [6.45, 7) is 5.05. The monoisotopic (exact) mass is 273 g/mol. The third-order valence-electron chi connectivity index (χ3n) is 3.33. The number of halogens is 1. The van der Waals surface area contributed by atoms with E-state index in [9.17, 15) is 4.39 Å². The van der Waals surface area contributed by atoms with Crippen molar-refractivity contribution >= 4 is 5.82 Å². The predicted molar refractivity (Wildman–Crippen MR) is 80.1 cm³/mol. The second-order valence-corrected chi connectivity index (χ2v) is 5.07. The summed E-state index contributed by atoms with van der Waals surface area (Å²) in [6.07, 6.45) is 0. The number of aromatic nitrogens is 1. The molecule has 1 aromatic carbocycles. The fraction of sp³-hybridized carbons (Fsp3) is 0.312. The van der Waals surface area contributed by atoms with Crippen molar-refractivity contribution in [2.24, 2.45) is 5.73 Å². The fourth-order valence-corrected chi connectivity index (χ4v) is 2.40. The van der Waals surface area contributed by atoms with Crippen LogP contribution in [0.1, 0.15) is 22.4 Å². The van der Waals surface area contributed by atoms with E-state index >= 15 is 0 Å². The first kappa shape index (κ1) is 14.5. The maximum atomic E-state index is 13.2. The average Bonchev–Trinajstić information content (AvgIpc) is 2.37. The van der Waals surface area contributed by atoms with E-state index < -0.39 is 0 Å². The van der Waals surface area contributed by atoms with Crippen molar-refractivity contribution in [1.82, 2.24) is 4.98 Å². The molecule has 0 aliphatic rings. The van der Waals surface area contributed by atoms with Gasteiger partial charge in [0.15, 0.2) is 0 Å². The number of aryl methyl sites for hydroxylation is 2. The highest BCUT2D eigenvalue weighted by Crippen LogP contribution is 2.22. The Balaban J connectivity index is 2.31. The molecule has 0 unspecified atom stereocenters. The molecule has 0 spiro atoms. The van der Waals surface area contributed by atoms with Crippen LogP contribution in [0.3, 0.4) is 0 Å². The van der Waals surface area contributed by atoms with Crippen molar-refractivity contribution in [3.8, 4) is 0 Å². The van der Waals surface area contributed by atoms with Gasteiger partial charge in [0.25, 0.3) is 0 Å². The first-order chi connectivity index (χ1) is 9.51. The largest absolute Gasteiger partial charge is 0.355 e. The molecule has 0 atom stereocenters. The van der Waals surface area contributed by atoms with Crippen LogP contribution in [0.15, 0.2) is 30.3 Å². The molecule has 0 aliphatic carbocycles. The van der Waals surface area contributed by atoms with E-state index in [1.54, 1.807) is 12.1 Å². The highest BCUT2D eigenvalue weighted by molar-refractivity contribution is 5.51. The van der Waals surface area contributed by atoms with Gasteiger partial charge in [-0.05, 0) is 43.2 Å². The molecule has 0 radical (unpaired) electrons. The SMILES string of the molecule is Cc1cc(C)c(CN)c(N(C)Cc2cccc(F)c2)n1. The third kappa shape index (κ3) is 3.14. The summed E-state index contributed by atoms with van der Waals surface area (Å²) in [5.74, 6) is 0.651. The Morgan fingerprint density at radius 1 is 1.25 bits per heavy atom. The molecule has 0 aliphatic heterocycles. The van der Waals surface area contributed by atoms with Gasteiger partial charge in [-0.2, -0.15) is 0 Å². The molecule has 2 rings (SSSR count). The molecule has 0 amide bonds. The second-order valence-electron chi connectivity index (χ2n) is 5.07. The molecule has 2 N–H and O–H groups in total. The van der Waals surface area contributed by atoms with Crippen molar-refractivity contribution in [3.63, 3.8) is 0 Å². The van der Waals surface area contributed by atoms with Crippen LogP contribution in [0.4, 0.5) is 10.2 Å². The fourth-order valence-electron chi connectivity index (χ4n) is 2.40. The lowest BCUT2D eigenvalue weighted by Gasteiger charge is -2.23. The summed E-state index contributed by atoms with van der Waals surface area (Å²) < 4.78 is 13.2. The highest BCUT2D eigenvalue weighted by atomic mass is 19.1. The standard InChI is InChI=1S/C16H20FN3/c1-11-7-12(2)19-16(15(11)9-18)20(3)10-13-5-4-6-14(17)8-13/h4-8H,9-10,18H2,1-3H3. The predicted octanol–water partition coefficient (Wildman–Crippen LogP) is 2.93. The minimum Gasteiger partial charge on any atom is -0.355 e. The summed E-state index contributed by atoms with van der Waals surface area (Å²) in [7, 11) is 1.95. The molecule has 4 heteroatoms. The zero-order chi connectivity index (χ0) is 14.7. The Bertz CT molecular complexity index is 611. The number of nitrogens with zero attached hydrogens (tertiary/aromatic N) is 2. The number of hydrogen-bond donors (Lipinski definition) is 1. The molecule has 0 saturated carbocycles. The molecule has 0 fully saturated rings. The summed E-state index contributed by atoms with van der Waals surface area (Å²) in [4.78, 5) is 6.59. The topological polar surface area (TPSA) is 42.1 Å². The van der Waals surface area contributed by atoms with E-state index in [0.717, 1.165) is 28.2 Å². The molecule has 1 aromatic heterocycles. The van der Waals surface area contributed by atoms with Crippen LogP contribution in [0.5, 0.6) is 0 Å². The van der Waals surface area contributed by atoms with Gasteiger partial charge in [-0.25, -0.2) is 9.37 Å². The Morgan fingerprint density at radius 2 is 2.00 bits per heavy atom. The normalized spacial score (nSPS) is 10.7. The van der Waals surface area contributed by atoms with E-state index in [4.69, 9.17) is 5.73 Å². The number of pyridine rings is 1. The van der Waals surface area contributed by atoms with E-state index in [0.29, 0.717) is 13.1 Å². The van der Waals surface area contributed by atoms with Crippen molar-refractivity contribution in [3.05, 3.63) is 58.5 Å². The highest BCUT2D eigenvalue weighted by Gasteiger charge is 2.12. The van der Waals surface area contributed by atoms with Gasteiger partial charge in [0.2, 0.25) is 0 Å². The van der Waals surface area contributed by atoms with Crippen molar-refractivity contribution < 1.29 is 4.39 Å². The lowest BCUT2D eigenvalue weighted by atomic mass is 10.1. The molecule has 1 heterocycles. The van der Waals surface area contributed by atoms with Crippen LogP contribution in [0.25, 0.3) is 0 Å². The van der Waals surface area contributed by atoms with Gasteiger partial charge in [-0.1, -0.05) is 12.1 Å². The first-order valence-corrected chi connectivity index (χ1v) is 6.64. The van der Waals surface area contributed by atoms with Gasteiger partial charge < -0.3 is 10.6 Å². The van der Waals surface area contributed by atoms with Crippen LogP contribution in [-0.4, -0.2) is 12.0 Å². The minimum atomic E-state index is -0.219. The van der Waals surface area contributed by atoms with Crippen LogP contribution in [0, 0.1) is 19.7 Å². The zero-order valence-electron chi connectivity index (χ0n) is 12.2. The second kappa shape index (κ2) is 6.01. The maximum absolute atomic E-state index is 13.2. The van der Waals surface area contributed by atoms with Crippen molar-refractivity contribution in [1.29, 1.82) is 0 Å². The Labute approximate surface area is 119 Å². The lowest BCUT2D eigenvalue weighted by molar-refractivity contribution is 0.625. The quantitative estimate of drug-likeness (QED) is 0.931. The number of anilines is 1. The zero-order valence-corrected chi connectivity index (χ0v) is 12.2. The van der Waals surface area contributed by atoms with Gasteiger partial charge in [-0.3, -0.25) is 0 Å². The average molecular weight is 273 g/mol. The molecule has 20 heavy (non-hydrogen) atoms. The number of hydrogen-bond acceptors (Lipinski definition) is 3. The Morgan fingerprint density at radius 3 is 2.65 bits per heavy atom. The van der Waals surface area contributed by atoms with Crippen LogP contribution in [0.2, 0.25) is 0 Å². The van der Waals surface area contributed by atoms with Gasteiger partial charge >= 0.3 is 0 Å². The van der Waals surface area contributed by atoms with E-state index in [2.05, 4.69) is 4.98 Å². The summed E-state index contributed by atoms with van der Waals surface area (Å²) in [5.41, 5.74) is 9.88. The number of benzene rings is 1. The third-order valence-corrected chi connectivity index (χ3v) is 3.33. The van der Waals surface area contributed by atoms with Crippen LogP contribution < -0.4 is 10.6 Å². The van der Waals surface area contributed by atoms with Gasteiger partial charge in [0.1, 0.15) is 11.6 Å². The molecule has 2 aromatic rings. The molecule has 3 nitrogen and oxygen atoms in total. The number of rotatable bonds is 4. The van der Waals surface area contributed by atoms with Crippen LogP contribution >= 0.6 is 0 Å². The molecule has 0 bridgehead atoms. The molecular formula is C16H20FN3. The molecule has 0 saturated heterocycles. The van der Waals surface area contributed by atoms with Crippen molar-refractivity contribution in [2.45, 2.75) is 26.9 Å². The van der Waals surface area contributed by atoms with Gasteiger partial charge in [0.05, 0.1) is 0 Å². The lowest BCUT2D eigenvalue weighted by Crippen LogP contribution is -2.21. The van der Waals surface area contributed by atoms with Gasteiger partial charge in [-0.15, -0.1) is 0 Å². The Hall–Kier alpha value is -1.94.